The van der Waals surface area contributed by atoms with Crippen molar-refractivity contribution in [2.24, 2.45) is 0 Å². The van der Waals surface area contributed by atoms with Crippen molar-refractivity contribution in [1.82, 2.24) is 0 Å². The zero-order chi connectivity index (χ0) is 8.65. The van der Waals surface area contributed by atoms with Gasteiger partial charge in [-0.05, 0) is 23.5 Å². The van der Waals surface area contributed by atoms with Gasteiger partial charge in [0.1, 0.15) is 0 Å². The van der Waals surface area contributed by atoms with Crippen molar-refractivity contribution in [3.63, 3.8) is 0 Å². The van der Waals surface area contributed by atoms with Gasteiger partial charge in [-0.25, -0.2) is 0 Å². The van der Waals surface area contributed by atoms with E-state index in [4.69, 9.17) is 0 Å². The van der Waals surface area contributed by atoms with E-state index in [1.807, 2.05) is 0 Å². The average Bonchev–Trinajstić information content (AvgIpc) is 2.87. The predicted octanol–water partition coefficient (Wildman–Crippen LogP) is 4.37. The molecular formula is C11H20S. The van der Waals surface area contributed by atoms with Crippen molar-refractivity contribution in [2.75, 3.05) is 5.75 Å². The zero-order valence-electron chi connectivity index (χ0n) is 8.14. The van der Waals surface area contributed by atoms with Crippen molar-refractivity contribution in [3.05, 3.63) is 11.0 Å². The van der Waals surface area contributed by atoms with Crippen LogP contribution in [0.3, 0.4) is 0 Å². The van der Waals surface area contributed by atoms with Crippen LogP contribution in [0, 0.1) is 0 Å². The highest BCUT2D eigenvalue weighted by atomic mass is 32.2. The molecule has 0 aromatic carbocycles. The van der Waals surface area contributed by atoms with Gasteiger partial charge in [-0.2, -0.15) is 0 Å². The van der Waals surface area contributed by atoms with Crippen molar-refractivity contribution in [2.45, 2.75) is 51.9 Å². The largest absolute Gasteiger partial charge is 0.131 e. The number of allylic oxidation sites excluding steroid dienone is 2. The molecule has 0 heterocycles. The number of rotatable bonds is 8. The Hall–Kier alpha value is 0.0900. The van der Waals surface area contributed by atoms with E-state index in [1.54, 1.807) is 4.91 Å². The number of unbranched alkanes of at least 4 members (excludes halogenated alkanes) is 5. The first-order valence-corrected chi connectivity index (χ1v) is 6.24. The number of thioether (sulfide) groups is 1. The van der Waals surface area contributed by atoms with Crippen LogP contribution in [0.5, 0.6) is 0 Å². The molecule has 0 saturated carbocycles. The summed E-state index contributed by atoms with van der Waals surface area (Å²) in [7, 11) is 0. The molecule has 0 saturated heterocycles. The van der Waals surface area contributed by atoms with Crippen LogP contribution in [-0.2, 0) is 0 Å². The third-order valence-electron chi connectivity index (χ3n) is 2.16. The summed E-state index contributed by atoms with van der Waals surface area (Å²) in [6.07, 6.45) is 12.2. The first kappa shape index (κ1) is 10.2. The molecule has 70 valence electrons. The minimum atomic E-state index is 1.29. The Balaban J connectivity index is 1.67. The molecule has 0 atom stereocenters. The van der Waals surface area contributed by atoms with Gasteiger partial charge in [0.2, 0.25) is 0 Å². The van der Waals surface area contributed by atoms with Gasteiger partial charge in [0.15, 0.2) is 0 Å². The average molecular weight is 184 g/mol. The molecule has 0 bridgehead atoms. The lowest BCUT2D eigenvalue weighted by atomic mass is 10.1. The minimum absolute atomic E-state index is 1.29. The fourth-order valence-electron chi connectivity index (χ4n) is 1.25. The summed E-state index contributed by atoms with van der Waals surface area (Å²) in [6.45, 7) is 2.27. The van der Waals surface area contributed by atoms with Crippen molar-refractivity contribution in [1.29, 1.82) is 0 Å². The zero-order valence-corrected chi connectivity index (χ0v) is 8.96. The van der Waals surface area contributed by atoms with E-state index < -0.39 is 0 Å². The molecule has 1 aliphatic carbocycles. The second-order valence-corrected chi connectivity index (χ2v) is 4.71. The third kappa shape index (κ3) is 5.70. The Labute approximate surface area is 80.8 Å². The summed E-state index contributed by atoms with van der Waals surface area (Å²) in [5, 5.41) is 0. The Morgan fingerprint density at radius 1 is 1.17 bits per heavy atom. The molecule has 0 aliphatic heterocycles. The molecular weight excluding hydrogens is 164 g/mol. The fraction of sp³-hybridized carbons (Fsp3) is 0.818. The lowest BCUT2D eigenvalue weighted by Gasteiger charge is -1.98. The molecule has 1 rings (SSSR count). The molecule has 1 heteroatoms. The molecule has 12 heavy (non-hydrogen) atoms. The smallest absolute Gasteiger partial charge is 0.00232 e. The van der Waals surface area contributed by atoms with Gasteiger partial charge in [0.25, 0.3) is 0 Å². The van der Waals surface area contributed by atoms with E-state index in [2.05, 4.69) is 24.8 Å². The van der Waals surface area contributed by atoms with Crippen LogP contribution >= 0.6 is 11.8 Å². The highest BCUT2D eigenvalue weighted by molar-refractivity contribution is 8.03. The highest BCUT2D eigenvalue weighted by Gasteiger charge is 2.05. The van der Waals surface area contributed by atoms with E-state index >= 15 is 0 Å². The van der Waals surface area contributed by atoms with Crippen LogP contribution in [0.25, 0.3) is 0 Å². The molecule has 0 fully saturated rings. The maximum absolute atomic E-state index is 2.32. The van der Waals surface area contributed by atoms with Gasteiger partial charge in [-0.1, -0.05) is 45.1 Å². The molecule has 0 aromatic heterocycles. The standard InChI is InChI=1S/C11H20S/c1-2-3-4-5-6-7-10-12-11-8-9-11/h8H,2-7,9-10H2,1H3. The molecule has 0 nitrogen and oxygen atoms in total. The number of hydrogen-bond acceptors (Lipinski definition) is 1. The highest BCUT2D eigenvalue weighted by Crippen LogP contribution is 2.32. The van der Waals surface area contributed by atoms with Crippen molar-refractivity contribution < 1.29 is 0 Å². The van der Waals surface area contributed by atoms with Crippen LogP contribution in [0.15, 0.2) is 11.0 Å². The quantitative estimate of drug-likeness (QED) is 0.505. The molecule has 1 aliphatic rings. The molecule has 0 N–H and O–H groups in total. The molecule has 0 amide bonds. The van der Waals surface area contributed by atoms with E-state index in [0.717, 1.165) is 0 Å². The van der Waals surface area contributed by atoms with E-state index in [1.165, 1.54) is 50.7 Å². The first-order valence-electron chi connectivity index (χ1n) is 5.25. The van der Waals surface area contributed by atoms with Gasteiger partial charge < -0.3 is 0 Å². The third-order valence-corrected chi connectivity index (χ3v) is 3.35. The SMILES string of the molecule is CCCCCCCCSC1=CC1. The van der Waals surface area contributed by atoms with Crippen LogP contribution in [-0.4, -0.2) is 5.75 Å². The Morgan fingerprint density at radius 3 is 2.50 bits per heavy atom. The normalized spacial score (nSPS) is 14.6. The maximum Gasteiger partial charge on any atom is -0.00232 e. The predicted molar refractivity (Wildman–Crippen MR) is 58.5 cm³/mol. The summed E-state index contributed by atoms with van der Waals surface area (Å²) in [5.41, 5.74) is 0. The van der Waals surface area contributed by atoms with Gasteiger partial charge in [0, 0.05) is 0 Å². The summed E-state index contributed by atoms with van der Waals surface area (Å²) >= 11 is 2.07. The Bertz CT molecular complexity index is 138. The summed E-state index contributed by atoms with van der Waals surface area (Å²) in [6, 6.07) is 0. The first-order chi connectivity index (χ1) is 5.93. The summed E-state index contributed by atoms with van der Waals surface area (Å²) in [4.78, 5) is 1.63. The van der Waals surface area contributed by atoms with Gasteiger partial charge in [-0.15, -0.1) is 11.8 Å². The molecule has 0 unspecified atom stereocenters. The van der Waals surface area contributed by atoms with Gasteiger partial charge >= 0.3 is 0 Å². The lowest BCUT2D eigenvalue weighted by Crippen LogP contribution is -1.80. The molecule has 0 radical (unpaired) electrons. The fourth-order valence-corrected chi connectivity index (χ4v) is 2.17. The van der Waals surface area contributed by atoms with Crippen LogP contribution in [0.2, 0.25) is 0 Å². The van der Waals surface area contributed by atoms with Crippen molar-refractivity contribution >= 4 is 11.8 Å². The Kier molecular flexibility index (Phi) is 5.59. The van der Waals surface area contributed by atoms with Crippen molar-refractivity contribution in [3.8, 4) is 0 Å². The number of hydrogen-bond donors (Lipinski definition) is 0. The monoisotopic (exact) mass is 184 g/mol. The lowest BCUT2D eigenvalue weighted by molar-refractivity contribution is 0.627. The Morgan fingerprint density at radius 2 is 1.83 bits per heavy atom. The van der Waals surface area contributed by atoms with Gasteiger partial charge in [0.05, 0.1) is 0 Å². The van der Waals surface area contributed by atoms with Crippen LogP contribution in [0.4, 0.5) is 0 Å². The topological polar surface area (TPSA) is 0 Å². The van der Waals surface area contributed by atoms with Crippen LogP contribution < -0.4 is 0 Å². The second kappa shape index (κ2) is 6.59. The summed E-state index contributed by atoms with van der Waals surface area (Å²) in [5.74, 6) is 1.36. The molecule has 0 aromatic rings. The van der Waals surface area contributed by atoms with Crippen LogP contribution in [0.1, 0.15) is 51.9 Å². The van der Waals surface area contributed by atoms with Gasteiger partial charge in [-0.3, -0.25) is 0 Å². The van der Waals surface area contributed by atoms with E-state index in [0.29, 0.717) is 0 Å². The van der Waals surface area contributed by atoms with E-state index in [-0.39, 0.29) is 0 Å². The minimum Gasteiger partial charge on any atom is -0.131 e. The van der Waals surface area contributed by atoms with E-state index in [9.17, 15) is 0 Å². The summed E-state index contributed by atoms with van der Waals surface area (Å²) < 4.78 is 0. The maximum atomic E-state index is 2.32. The second-order valence-electron chi connectivity index (χ2n) is 3.49. The molecule has 0 spiro atoms.